The first-order valence-electron chi connectivity index (χ1n) is 8.37. The van der Waals surface area contributed by atoms with E-state index in [1.54, 1.807) is 13.0 Å². The number of amides is 1. The molecule has 0 aromatic heterocycles. The van der Waals surface area contributed by atoms with E-state index in [0.717, 1.165) is 10.0 Å². The predicted molar refractivity (Wildman–Crippen MR) is 112 cm³/mol. The van der Waals surface area contributed by atoms with Crippen LogP contribution in [0.25, 0.3) is 6.08 Å². The fraction of sp³-hybridized carbons (Fsp3) is 0.158. The number of anilines is 1. The molecule has 0 bridgehead atoms. The van der Waals surface area contributed by atoms with Gasteiger partial charge in [-0.05, 0) is 62.4 Å². The Balaban J connectivity index is 1.95. The van der Waals surface area contributed by atoms with Gasteiger partial charge in [-0.3, -0.25) is 4.79 Å². The highest BCUT2D eigenvalue weighted by Gasteiger charge is 2.29. The number of hydrogen-bond acceptors (Lipinski definition) is 5. The summed E-state index contributed by atoms with van der Waals surface area (Å²) in [5, 5.41) is 10.6. The lowest BCUT2D eigenvalue weighted by Gasteiger charge is -2.12. The van der Waals surface area contributed by atoms with E-state index in [1.807, 2.05) is 25.1 Å². The lowest BCUT2D eigenvalue weighted by molar-refractivity contribution is -0.114. The molecule has 3 rings (SSSR count). The molecule has 0 saturated carbocycles. The SMILES string of the molecule is CCOc1ccc(Br)cc1/C=C1/C(=O)N(c2ccc(S(N)(=O)=O)cc2)N=C1C. The van der Waals surface area contributed by atoms with Gasteiger partial charge in [0.15, 0.2) is 0 Å². The van der Waals surface area contributed by atoms with Crippen LogP contribution in [0.4, 0.5) is 5.69 Å². The largest absolute Gasteiger partial charge is 0.493 e. The van der Waals surface area contributed by atoms with Gasteiger partial charge in [0.2, 0.25) is 10.0 Å². The van der Waals surface area contributed by atoms with E-state index in [4.69, 9.17) is 9.88 Å². The molecule has 0 spiro atoms. The lowest BCUT2D eigenvalue weighted by Crippen LogP contribution is -2.21. The van der Waals surface area contributed by atoms with E-state index in [9.17, 15) is 13.2 Å². The van der Waals surface area contributed by atoms with Gasteiger partial charge in [0.25, 0.3) is 5.91 Å². The van der Waals surface area contributed by atoms with Crippen molar-refractivity contribution >= 4 is 49.3 Å². The molecule has 0 aliphatic carbocycles. The minimum atomic E-state index is -3.80. The molecule has 1 amide bonds. The van der Waals surface area contributed by atoms with Crippen LogP contribution in [0.5, 0.6) is 5.75 Å². The second-order valence-electron chi connectivity index (χ2n) is 6.01. The van der Waals surface area contributed by atoms with E-state index in [0.29, 0.717) is 29.3 Å². The van der Waals surface area contributed by atoms with Gasteiger partial charge in [0, 0.05) is 10.0 Å². The van der Waals surface area contributed by atoms with Crippen LogP contribution in [0.1, 0.15) is 19.4 Å². The first kappa shape index (κ1) is 20.2. The predicted octanol–water partition coefficient (Wildman–Crippen LogP) is 3.30. The van der Waals surface area contributed by atoms with Gasteiger partial charge in [-0.15, -0.1) is 0 Å². The van der Waals surface area contributed by atoms with Crippen LogP contribution >= 0.6 is 15.9 Å². The number of carbonyl (C=O) groups excluding carboxylic acids is 1. The Morgan fingerprint density at radius 2 is 1.89 bits per heavy atom. The minimum Gasteiger partial charge on any atom is -0.493 e. The number of benzene rings is 2. The number of rotatable bonds is 5. The molecule has 2 aromatic carbocycles. The molecule has 28 heavy (non-hydrogen) atoms. The number of sulfonamides is 1. The molecule has 0 unspecified atom stereocenters. The van der Waals surface area contributed by atoms with Crippen molar-refractivity contribution in [2.24, 2.45) is 10.2 Å². The molecule has 2 N–H and O–H groups in total. The molecular weight excluding hydrogens is 446 g/mol. The molecule has 146 valence electrons. The second-order valence-corrected chi connectivity index (χ2v) is 8.49. The Morgan fingerprint density at radius 3 is 2.50 bits per heavy atom. The van der Waals surface area contributed by atoms with Crippen molar-refractivity contribution in [3.8, 4) is 5.75 Å². The average Bonchev–Trinajstić information content (AvgIpc) is 2.92. The highest BCUT2D eigenvalue weighted by molar-refractivity contribution is 9.10. The highest BCUT2D eigenvalue weighted by atomic mass is 79.9. The number of hydrazone groups is 1. The fourth-order valence-corrected chi connectivity index (χ4v) is 3.61. The van der Waals surface area contributed by atoms with Gasteiger partial charge in [0.1, 0.15) is 5.75 Å². The smallest absolute Gasteiger partial charge is 0.280 e. The molecule has 2 aromatic rings. The first-order chi connectivity index (χ1) is 13.2. The third kappa shape index (κ3) is 4.16. The molecule has 1 aliphatic heterocycles. The molecule has 0 saturated heterocycles. The van der Waals surface area contributed by atoms with Crippen LogP contribution in [0.15, 0.2) is 62.5 Å². The molecule has 0 fully saturated rings. The highest BCUT2D eigenvalue weighted by Crippen LogP contribution is 2.30. The number of primary sulfonamides is 1. The maximum absolute atomic E-state index is 12.9. The van der Waals surface area contributed by atoms with Crippen LogP contribution in [0.2, 0.25) is 0 Å². The molecule has 7 nitrogen and oxygen atoms in total. The van der Waals surface area contributed by atoms with Crippen molar-refractivity contribution in [3.63, 3.8) is 0 Å². The first-order valence-corrected chi connectivity index (χ1v) is 10.7. The van der Waals surface area contributed by atoms with E-state index >= 15 is 0 Å². The summed E-state index contributed by atoms with van der Waals surface area (Å²) in [5.41, 5.74) is 2.16. The quantitative estimate of drug-likeness (QED) is 0.686. The zero-order valence-corrected chi connectivity index (χ0v) is 17.6. The van der Waals surface area contributed by atoms with E-state index in [2.05, 4.69) is 21.0 Å². The molecular formula is C19H18BrN3O4S. The number of carbonyl (C=O) groups is 1. The number of nitrogens with zero attached hydrogens (tertiary/aromatic N) is 2. The number of nitrogens with two attached hydrogens (primary N) is 1. The summed E-state index contributed by atoms with van der Waals surface area (Å²) >= 11 is 3.43. The van der Waals surface area contributed by atoms with Crippen molar-refractivity contribution in [3.05, 3.63) is 58.1 Å². The molecule has 0 radical (unpaired) electrons. The average molecular weight is 464 g/mol. The van der Waals surface area contributed by atoms with Crippen LogP contribution in [-0.2, 0) is 14.8 Å². The third-order valence-corrected chi connectivity index (χ3v) is 5.47. The van der Waals surface area contributed by atoms with Gasteiger partial charge in [0.05, 0.1) is 28.5 Å². The standard InChI is InChI=1S/C19H18BrN3O4S/c1-3-27-18-9-4-14(20)10-13(18)11-17-12(2)22-23(19(17)24)15-5-7-16(8-6-15)28(21,25)26/h4-11H,3H2,1-2H3,(H2,21,25,26)/b17-11+. The Bertz CT molecular complexity index is 1090. The van der Waals surface area contributed by atoms with Gasteiger partial charge >= 0.3 is 0 Å². The number of ether oxygens (including phenoxy) is 1. The maximum atomic E-state index is 12.9. The molecule has 9 heteroatoms. The van der Waals surface area contributed by atoms with Crippen LogP contribution in [0.3, 0.4) is 0 Å². The van der Waals surface area contributed by atoms with Crippen molar-refractivity contribution in [2.75, 3.05) is 11.6 Å². The van der Waals surface area contributed by atoms with Crippen molar-refractivity contribution in [1.82, 2.24) is 0 Å². The number of halogens is 1. The third-order valence-electron chi connectivity index (χ3n) is 4.04. The summed E-state index contributed by atoms with van der Waals surface area (Å²) in [4.78, 5) is 12.9. The number of hydrogen-bond donors (Lipinski definition) is 1. The van der Waals surface area contributed by atoms with Crippen LogP contribution in [0, 0.1) is 0 Å². The maximum Gasteiger partial charge on any atom is 0.280 e. The Kier molecular flexibility index (Phi) is 5.69. The normalized spacial score (nSPS) is 15.9. The van der Waals surface area contributed by atoms with Gasteiger partial charge in [-0.25, -0.2) is 13.6 Å². The zero-order chi connectivity index (χ0) is 20.5. The summed E-state index contributed by atoms with van der Waals surface area (Å²) < 4.78 is 29.3. The molecule has 1 aliphatic rings. The van der Waals surface area contributed by atoms with Gasteiger partial charge < -0.3 is 4.74 Å². The summed E-state index contributed by atoms with van der Waals surface area (Å²) in [6.07, 6.45) is 1.73. The minimum absolute atomic E-state index is 0.0325. The fourth-order valence-electron chi connectivity index (χ4n) is 2.71. The Morgan fingerprint density at radius 1 is 1.21 bits per heavy atom. The van der Waals surface area contributed by atoms with Crippen LogP contribution in [-0.4, -0.2) is 26.6 Å². The molecule has 0 atom stereocenters. The van der Waals surface area contributed by atoms with E-state index in [-0.39, 0.29) is 10.8 Å². The van der Waals surface area contributed by atoms with Crippen molar-refractivity contribution < 1.29 is 17.9 Å². The van der Waals surface area contributed by atoms with Crippen molar-refractivity contribution in [1.29, 1.82) is 0 Å². The summed E-state index contributed by atoms with van der Waals surface area (Å²) in [6.45, 7) is 4.13. The van der Waals surface area contributed by atoms with E-state index in [1.165, 1.54) is 29.3 Å². The summed E-state index contributed by atoms with van der Waals surface area (Å²) in [6, 6.07) is 11.2. The monoisotopic (exact) mass is 463 g/mol. The topological polar surface area (TPSA) is 102 Å². The lowest BCUT2D eigenvalue weighted by atomic mass is 10.1. The Labute approximate surface area is 171 Å². The Hall–Kier alpha value is -2.49. The summed E-state index contributed by atoms with van der Waals surface area (Å²) in [5.74, 6) is 0.345. The van der Waals surface area contributed by atoms with Crippen molar-refractivity contribution in [2.45, 2.75) is 18.7 Å². The van der Waals surface area contributed by atoms with E-state index < -0.39 is 10.0 Å². The summed E-state index contributed by atoms with van der Waals surface area (Å²) in [7, 11) is -3.80. The van der Waals surface area contributed by atoms with Gasteiger partial charge in [-0.1, -0.05) is 15.9 Å². The zero-order valence-electron chi connectivity index (χ0n) is 15.2. The molecule has 1 heterocycles. The van der Waals surface area contributed by atoms with Crippen LogP contribution < -0.4 is 14.9 Å². The second kappa shape index (κ2) is 7.86. The van der Waals surface area contributed by atoms with Gasteiger partial charge in [-0.2, -0.15) is 10.1 Å².